The molecule has 3 N–H and O–H groups in total. The topological polar surface area (TPSA) is 72.2 Å². The first-order valence-electron chi connectivity index (χ1n) is 6.83. The predicted molar refractivity (Wildman–Crippen MR) is 79.6 cm³/mol. The van der Waals surface area contributed by atoms with Crippen molar-refractivity contribution in [1.29, 1.82) is 0 Å². The molecule has 1 aliphatic rings. The van der Waals surface area contributed by atoms with Crippen molar-refractivity contribution < 1.29 is 8.42 Å². The van der Waals surface area contributed by atoms with Crippen LogP contribution in [-0.4, -0.2) is 14.2 Å². The minimum Gasteiger partial charge on any atom is -0.398 e. The number of nitrogen functional groups attached to an aromatic ring is 1. The minimum atomic E-state index is -3.27. The molecule has 0 aromatic heterocycles. The molecule has 1 aliphatic carbocycles. The van der Waals surface area contributed by atoms with Gasteiger partial charge in [-0.05, 0) is 43.4 Å². The third kappa shape index (κ3) is 4.13. The van der Waals surface area contributed by atoms with Crippen molar-refractivity contribution in [3.05, 3.63) is 23.8 Å². The Morgan fingerprint density at radius 2 is 1.95 bits per heavy atom. The maximum atomic E-state index is 12.1. The van der Waals surface area contributed by atoms with E-state index in [-0.39, 0.29) is 5.75 Å². The lowest BCUT2D eigenvalue weighted by Crippen LogP contribution is -2.24. The van der Waals surface area contributed by atoms with Crippen molar-refractivity contribution >= 4 is 21.4 Å². The van der Waals surface area contributed by atoms with Crippen LogP contribution in [0.4, 0.5) is 11.4 Å². The minimum absolute atomic E-state index is 0.223. The monoisotopic (exact) mass is 282 g/mol. The number of benzene rings is 1. The highest BCUT2D eigenvalue weighted by Crippen LogP contribution is 2.26. The van der Waals surface area contributed by atoms with Gasteiger partial charge in [0.15, 0.2) is 0 Å². The van der Waals surface area contributed by atoms with Crippen molar-refractivity contribution in [3.8, 4) is 0 Å². The summed E-state index contributed by atoms with van der Waals surface area (Å²) in [6, 6.07) is 5.26. The highest BCUT2D eigenvalue weighted by Gasteiger charge is 2.21. The number of hydrogen-bond donors (Lipinski definition) is 2. The van der Waals surface area contributed by atoms with Crippen LogP contribution in [0.25, 0.3) is 0 Å². The number of nitrogens with one attached hydrogen (secondary N) is 1. The molecule has 1 saturated carbocycles. The molecule has 0 bridgehead atoms. The van der Waals surface area contributed by atoms with Gasteiger partial charge in [0.25, 0.3) is 0 Å². The van der Waals surface area contributed by atoms with Gasteiger partial charge in [-0.3, -0.25) is 4.72 Å². The summed E-state index contributed by atoms with van der Waals surface area (Å²) < 4.78 is 26.9. The predicted octanol–water partition coefficient (Wildman–Crippen LogP) is 2.90. The van der Waals surface area contributed by atoms with Crippen LogP contribution >= 0.6 is 0 Å². The Hall–Kier alpha value is -1.23. The summed E-state index contributed by atoms with van der Waals surface area (Å²) in [6.45, 7) is 1.90. The smallest absolute Gasteiger partial charge is 0.232 e. The first-order valence-corrected chi connectivity index (χ1v) is 8.48. The standard InChI is InChI=1S/C14H22N2O2S/c1-11-7-8-13(9-14(11)15)16-19(17,18)10-12-5-3-2-4-6-12/h7-9,12,16H,2-6,10,15H2,1H3. The molecule has 1 aromatic rings. The Kier molecular flexibility index (Phi) is 4.34. The summed E-state index contributed by atoms with van der Waals surface area (Å²) >= 11 is 0. The molecule has 0 spiro atoms. The number of rotatable bonds is 4. The molecule has 0 aliphatic heterocycles. The van der Waals surface area contributed by atoms with E-state index in [4.69, 9.17) is 5.73 Å². The van der Waals surface area contributed by atoms with E-state index in [2.05, 4.69) is 4.72 Å². The Morgan fingerprint density at radius 1 is 1.26 bits per heavy atom. The summed E-state index contributed by atoms with van der Waals surface area (Å²) in [5, 5.41) is 0. The third-order valence-corrected chi connectivity index (χ3v) is 5.19. The lowest BCUT2D eigenvalue weighted by atomic mass is 9.91. The molecule has 4 nitrogen and oxygen atoms in total. The summed E-state index contributed by atoms with van der Waals surface area (Å²) in [5.74, 6) is 0.523. The number of aryl methyl sites for hydroxylation is 1. The molecule has 1 fully saturated rings. The second-order valence-electron chi connectivity index (χ2n) is 5.46. The van der Waals surface area contributed by atoms with Gasteiger partial charge in [-0.15, -0.1) is 0 Å². The van der Waals surface area contributed by atoms with Gasteiger partial charge >= 0.3 is 0 Å². The normalized spacial score (nSPS) is 17.3. The average Bonchev–Trinajstić information content (AvgIpc) is 2.34. The van der Waals surface area contributed by atoms with Gasteiger partial charge in [0.05, 0.1) is 11.4 Å². The van der Waals surface area contributed by atoms with E-state index >= 15 is 0 Å². The zero-order valence-electron chi connectivity index (χ0n) is 11.4. The van der Waals surface area contributed by atoms with E-state index in [0.717, 1.165) is 31.2 Å². The number of nitrogens with two attached hydrogens (primary N) is 1. The molecule has 0 radical (unpaired) electrons. The van der Waals surface area contributed by atoms with Crippen LogP contribution in [0.3, 0.4) is 0 Å². The molecule has 2 rings (SSSR count). The number of hydrogen-bond acceptors (Lipinski definition) is 3. The highest BCUT2D eigenvalue weighted by atomic mass is 32.2. The molecule has 0 heterocycles. The van der Waals surface area contributed by atoms with E-state index in [0.29, 0.717) is 17.3 Å². The van der Waals surface area contributed by atoms with Crippen molar-refractivity contribution in [1.82, 2.24) is 0 Å². The van der Waals surface area contributed by atoms with E-state index in [9.17, 15) is 8.42 Å². The van der Waals surface area contributed by atoms with Gasteiger partial charge in [0.2, 0.25) is 10.0 Å². The lowest BCUT2D eigenvalue weighted by Gasteiger charge is -2.21. The van der Waals surface area contributed by atoms with Crippen LogP contribution in [0, 0.1) is 12.8 Å². The van der Waals surface area contributed by atoms with Crippen LogP contribution in [-0.2, 0) is 10.0 Å². The molecule has 19 heavy (non-hydrogen) atoms. The van der Waals surface area contributed by atoms with E-state index in [1.165, 1.54) is 6.42 Å². The Balaban J connectivity index is 2.01. The second-order valence-corrected chi connectivity index (χ2v) is 7.23. The zero-order chi connectivity index (χ0) is 13.9. The van der Waals surface area contributed by atoms with Gasteiger partial charge in [-0.1, -0.05) is 25.3 Å². The fraction of sp³-hybridized carbons (Fsp3) is 0.571. The third-order valence-electron chi connectivity index (χ3n) is 3.73. The molecule has 0 atom stereocenters. The molecule has 0 amide bonds. The molecular weight excluding hydrogens is 260 g/mol. The number of anilines is 2. The Bertz CT molecular complexity index is 534. The van der Waals surface area contributed by atoms with Gasteiger partial charge < -0.3 is 5.73 Å². The van der Waals surface area contributed by atoms with Crippen molar-refractivity contribution in [2.45, 2.75) is 39.0 Å². The van der Waals surface area contributed by atoms with Crippen LogP contribution in [0.5, 0.6) is 0 Å². The fourth-order valence-electron chi connectivity index (χ4n) is 2.59. The summed E-state index contributed by atoms with van der Waals surface area (Å²) in [7, 11) is -3.27. The number of sulfonamides is 1. The van der Waals surface area contributed by atoms with Gasteiger partial charge in [-0.25, -0.2) is 8.42 Å². The van der Waals surface area contributed by atoms with E-state index in [1.807, 2.05) is 13.0 Å². The molecular formula is C14H22N2O2S. The van der Waals surface area contributed by atoms with Crippen molar-refractivity contribution in [3.63, 3.8) is 0 Å². The maximum Gasteiger partial charge on any atom is 0.232 e. The fourth-order valence-corrected chi connectivity index (χ4v) is 4.11. The van der Waals surface area contributed by atoms with Gasteiger partial charge in [0, 0.05) is 5.69 Å². The quantitative estimate of drug-likeness (QED) is 0.834. The van der Waals surface area contributed by atoms with E-state index < -0.39 is 10.0 Å². The largest absolute Gasteiger partial charge is 0.398 e. The second kappa shape index (κ2) is 5.82. The highest BCUT2D eigenvalue weighted by molar-refractivity contribution is 7.92. The van der Waals surface area contributed by atoms with E-state index in [1.54, 1.807) is 12.1 Å². The van der Waals surface area contributed by atoms with Gasteiger partial charge in [0.1, 0.15) is 0 Å². The summed E-state index contributed by atoms with van der Waals surface area (Å²) in [4.78, 5) is 0. The van der Waals surface area contributed by atoms with Crippen LogP contribution in [0.1, 0.15) is 37.7 Å². The van der Waals surface area contributed by atoms with Crippen LogP contribution in [0.15, 0.2) is 18.2 Å². The lowest BCUT2D eigenvalue weighted by molar-refractivity contribution is 0.385. The first-order chi connectivity index (χ1) is 8.96. The molecule has 0 saturated heterocycles. The zero-order valence-corrected chi connectivity index (χ0v) is 12.2. The summed E-state index contributed by atoms with van der Waals surface area (Å²) in [5.41, 5.74) is 7.91. The van der Waals surface area contributed by atoms with Crippen molar-refractivity contribution in [2.24, 2.45) is 5.92 Å². The Labute approximate surface area is 115 Å². The van der Waals surface area contributed by atoms with Crippen LogP contribution < -0.4 is 10.5 Å². The maximum absolute atomic E-state index is 12.1. The van der Waals surface area contributed by atoms with Crippen molar-refractivity contribution in [2.75, 3.05) is 16.2 Å². The molecule has 1 aromatic carbocycles. The van der Waals surface area contributed by atoms with Gasteiger partial charge in [-0.2, -0.15) is 0 Å². The van der Waals surface area contributed by atoms with Crippen LogP contribution in [0.2, 0.25) is 0 Å². The SMILES string of the molecule is Cc1ccc(NS(=O)(=O)CC2CCCCC2)cc1N. The molecule has 0 unspecified atom stereocenters. The average molecular weight is 282 g/mol. The first kappa shape index (κ1) is 14.2. The molecule has 5 heteroatoms. The molecule has 106 valence electrons. The Morgan fingerprint density at radius 3 is 2.58 bits per heavy atom. The summed E-state index contributed by atoms with van der Waals surface area (Å²) in [6.07, 6.45) is 5.59.